The largest absolute Gasteiger partial charge is 0.481 e. The first-order valence-electron chi connectivity index (χ1n) is 8.34. The molecule has 0 aliphatic carbocycles. The maximum Gasteiger partial charge on any atom is 0.257 e. The number of hydrogen-bond donors (Lipinski definition) is 1. The van der Waals surface area contributed by atoms with E-state index in [1.807, 2.05) is 54.6 Å². The summed E-state index contributed by atoms with van der Waals surface area (Å²) in [6.07, 6.45) is 0. The number of carbonyl (C=O) groups excluding carboxylic acids is 1. The molecule has 0 fully saturated rings. The van der Waals surface area contributed by atoms with Crippen LogP contribution in [-0.4, -0.2) is 28.1 Å². The highest BCUT2D eigenvalue weighted by Gasteiger charge is 2.15. The molecule has 27 heavy (non-hydrogen) atoms. The van der Waals surface area contributed by atoms with Crippen LogP contribution in [0.15, 0.2) is 65.2 Å². The zero-order valence-electron chi connectivity index (χ0n) is 14.5. The molecule has 0 aliphatic rings. The van der Waals surface area contributed by atoms with Gasteiger partial charge >= 0.3 is 0 Å². The average Bonchev–Trinajstić information content (AvgIpc) is 3.21. The molecule has 0 radical (unpaired) electrons. The third kappa shape index (κ3) is 3.48. The van der Waals surface area contributed by atoms with E-state index < -0.39 is 0 Å². The molecule has 2 aromatic heterocycles. The number of benzene rings is 2. The van der Waals surface area contributed by atoms with Gasteiger partial charge in [-0.25, -0.2) is 4.98 Å². The number of aromatic nitrogens is 3. The second kappa shape index (κ2) is 7.25. The minimum absolute atomic E-state index is 0.147. The first kappa shape index (κ1) is 16.7. The van der Waals surface area contributed by atoms with Crippen molar-refractivity contribution in [2.75, 3.05) is 7.11 Å². The predicted octanol–water partition coefficient (Wildman–Crippen LogP) is 3.22. The molecule has 0 unspecified atom stereocenters. The molecule has 0 atom stereocenters. The zero-order valence-corrected chi connectivity index (χ0v) is 14.5. The molecule has 7 nitrogen and oxygen atoms in total. The van der Waals surface area contributed by atoms with Crippen molar-refractivity contribution in [1.29, 1.82) is 0 Å². The van der Waals surface area contributed by atoms with E-state index >= 15 is 0 Å². The summed E-state index contributed by atoms with van der Waals surface area (Å²) in [5.41, 5.74) is 1.99. The molecule has 0 spiro atoms. The van der Waals surface area contributed by atoms with Gasteiger partial charge in [-0.3, -0.25) is 4.79 Å². The van der Waals surface area contributed by atoms with Gasteiger partial charge in [-0.15, -0.1) is 0 Å². The average molecular weight is 360 g/mol. The van der Waals surface area contributed by atoms with Gasteiger partial charge in [-0.05, 0) is 18.2 Å². The third-order valence-corrected chi connectivity index (χ3v) is 4.04. The topological polar surface area (TPSA) is 90.1 Å². The molecule has 0 saturated heterocycles. The Labute approximate surface area is 155 Å². The van der Waals surface area contributed by atoms with Crippen LogP contribution in [0.5, 0.6) is 5.88 Å². The Bertz CT molecular complexity index is 1090. The fourth-order valence-corrected chi connectivity index (χ4v) is 2.72. The first-order valence-corrected chi connectivity index (χ1v) is 8.34. The van der Waals surface area contributed by atoms with E-state index in [-0.39, 0.29) is 12.5 Å². The van der Waals surface area contributed by atoms with Gasteiger partial charge in [0.15, 0.2) is 5.82 Å². The van der Waals surface area contributed by atoms with Gasteiger partial charge in [0.05, 0.1) is 24.7 Å². The molecule has 0 saturated carbocycles. The number of ether oxygens (including phenoxy) is 1. The van der Waals surface area contributed by atoms with Crippen LogP contribution in [0, 0.1) is 0 Å². The van der Waals surface area contributed by atoms with Crippen LogP contribution < -0.4 is 10.1 Å². The standard InChI is InChI=1S/C20H16N4O3/c1-26-18-11-15(14-9-5-6-10-16(14)22-18)19(25)21-12-17-23-20(27-24-17)13-7-3-2-4-8-13/h2-11H,12H2,1H3,(H,21,25). The van der Waals surface area contributed by atoms with Gasteiger partial charge in [-0.2, -0.15) is 4.98 Å². The third-order valence-electron chi connectivity index (χ3n) is 4.04. The summed E-state index contributed by atoms with van der Waals surface area (Å²) >= 11 is 0. The van der Waals surface area contributed by atoms with Crippen molar-refractivity contribution in [3.05, 3.63) is 72.1 Å². The van der Waals surface area contributed by atoms with Crippen LogP contribution >= 0.6 is 0 Å². The Morgan fingerprint density at radius 3 is 2.67 bits per heavy atom. The lowest BCUT2D eigenvalue weighted by atomic mass is 10.1. The van der Waals surface area contributed by atoms with Crippen molar-refractivity contribution in [3.8, 4) is 17.3 Å². The number of rotatable bonds is 5. The molecule has 134 valence electrons. The van der Waals surface area contributed by atoms with Gasteiger partial charge in [0.1, 0.15) is 0 Å². The van der Waals surface area contributed by atoms with Crippen molar-refractivity contribution in [2.45, 2.75) is 6.54 Å². The monoisotopic (exact) mass is 360 g/mol. The molecule has 2 aromatic carbocycles. The van der Waals surface area contributed by atoms with Gasteiger partial charge in [-0.1, -0.05) is 41.6 Å². The van der Waals surface area contributed by atoms with E-state index in [0.29, 0.717) is 28.7 Å². The Kier molecular flexibility index (Phi) is 4.49. The normalized spacial score (nSPS) is 10.7. The molecule has 4 aromatic rings. The maximum atomic E-state index is 12.7. The Morgan fingerprint density at radius 2 is 1.85 bits per heavy atom. The van der Waals surface area contributed by atoms with Crippen LogP contribution in [0.2, 0.25) is 0 Å². The number of nitrogens with one attached hydrogen (secondary N) is 1. The van der Waals surface area contributed by atoms with Crippen molar-refractivity contribution < 1.29 is 14.1 Å². The van der Waals surface area contributed by atoms with Crippen molar-refractivity contribution in [2.24, 2.45) is 0 Å². The lowest BCUT2D eigenvalue weighted by molar-refractivity contribution is 0.0951. The highest BCUT2D eigenvalue weighted by Crippen LogP contribution is 2.22. The molecule has 0 aliphatic heterocycles. The highest BCUT2D eigenvalue weighted by molar-refractivity contribution is 6.06. The Balaban J connectivity index is 1.54. The van der Waals surface area contributed by atoms with E-state index in [0.717, 1.165) is 10.9 Å². The number of amides is 1. The predicted molar refractivity (Wildman–Crippen MR) is 99.2 cm³/mol. The van der Waals surface area contributed by atoms with E-state index in [1.54, 1.807) is 6.07 Å². The number of carbonyl (C=O) groups is 1. The number of hydrogen-bond acceptors (Lipinski definition) is 6. The number of pyridine rings is 1. The summed E-state index contributed by atoms with van der Waals surface area (Å²) in [6, 6.07) is 18.5. The quantitative estimate of drug-likeness (QED) is 0.588. The summed E-state index contributed by atoms with van der Waals surface area (Å²) in [6.45, 7) is 0.147. The van der Waals surface area contributed by atoms with Crippen molar-refractivity contribution in [1.82, 2.24) is 20.4 Å². The summed E-state index contributed by atoms with van der Waals surface area (Å²) in [4.78, 5) is 21.4. The number of nitrogens with zero attached hydrogens (tertiary/aromatic N) is 3. The van der Waals surface area contributed by atoms with Crippen LogP contribution in [-0.2, 0) is 6.54 Å². The van der Waals surface area contributed by atoms with Crippen molar-refractivity contribution >= 4 is 16.8 Å². The highest BCUT2D eigenvalue weighted by atomic mass is 16.5. The molecule has 1 amide bonds. The zero-order chi connectivity index (χ0) is 18.6. The SMILES string of the molecule is COc1cc(C(=O)NCc2noc(-c3ccccc3)n2)c2ccccc2n1. The van der Waals surface area contributed by atoms with Gasteiger partial charge in [0.25, 0.3) is 11.8 Å². The number of para-hydroxylation sites is 1. The molecule has 1 N–H and O–H groups in total. The van der Waals surface area contributed by atoms with Crippen LogP contribution in [0.4, 0.5) is 0 Å². The molecular formula is C20H16N4O3. The molecule has 7 heteroatoms. The van der Waals surface area contributed by atoms with Gasteiger partial charge in [0.2, 0.25) is 5.88 Å². The molecule has 2 heterocycles. The summed E-state index contributed by atoms with van der Waals surface area (Å²) in [7, 11) is 1.52. The fraction of sp³-hybridized carbons (Fsp3) is 0.100. The second-order valence-electron chi connectivity index (χ2n) is 5.79. The van der Waals surface area contributed by atoms with Gasteiger partial charge in [0, 0.05) is 17.0 Å². The van der Waals surface area contributed by atoms with E-state index in [9.17, 15) is 4.79 Å². The minimum atomic E-state index is -0.266. The Morgan fingerprint density at radius 1 is 1.07 bits per heavy atom. The fourth-order valence-electron chi connectivity index (χ4n) is 2.72. The van der Waals surface area contributed by atoms with Crippen LogP contribution in [0.25, 0.3) is 22.4 Å². The Hall–Kier alpha value is -3.74. The first-order chi connectivity index (χ1) is 13.2. The second-order valence-corrected chi connectivity index (χ2v) is 5.79. The van der Waals surface area contributed by atoms with E-state index in [1.165, 1.54) is 7.11 Å². The molecular weight excluding hydrogens is 344 g/mol. The lowest BCUT2D eigenvalue weighted by Crippen LogP contribution is -2.23. The summed E-state index contributed by atoms with van der Waals surface area (Å²) in [5.74, 6) is 0.922. The summed E-state index contributed by atoms with van der Waals surface area (Å²) in [5, 5.41) is 7.48. The number of fused-ring (bicyclic) bond motifs is 1. The maximum absolute atomic E-state index is 12.7. The number of methoxy groups -OCH3 is 1. The van der Waals surface area contributed by atoms with E-state index in [4.69, 9.17) is 9.26 Å². The smallest absolute Gasteiger partial charge is 0.257 e. The summed E-state index contributed by atoms with van der Waals surface area (Å²) < 4.78 is 10.5. The lowest BCUT2D eigenvalue weighted by Gasteiger charge is -2.08. The van der Waals surface area contributed by atoms with E-state index in [2.05, 4.69) is 20.4 Å². The van der Waals surface area contributed by atoms with Crippen LogP contribution in [0.1, 0.15) is 16.2 Å². The molecule has 0 bridgehead atoms. The van der Waals surface area contributed by atoms with Crippen LogP contribution in [0.3, 0.4) is 0 Å². The van der Waals surface area contributed by atoms with Crippen molar-refractivity contribution in [3.63, 3.8) is 0 Å². The molecule has 4 rings (SSSR count). The van der Waals surface area contributed by atoms with Gasteiger partial charge < -0.3 is 14.6 Å². The minimum Gasteiger partial charge on any atom is -0.481 e.